The number of hydrogen-bond donors (Lipinski definition) is 1. The lowest BCUT2D eigenvalue weighted by atomic mass is 9.98. The maximum absolute atomic E-state index is 5.96. The van der Waals surface area contributed by atoms with Gasteiger partial charge in [-0.25, -0.2) is 0 Å². The molecule has 1 unspecified atom stereocenters. The Morgan fingerprint density at radius 3 is 3.00 bits per heavy atom. The second kappa shape index (κ2) is 7.65. The van der Waals surface area contributed by atoms with E-state index >= 15 is 0 Å². The Balaban J connectivity index is 1.76. The zero-order valence-electron chi connectivity index (χ0n) is 13.1. The Morgan fingerprint density at radius 2 is 2.20 bits per heavy atom. The van der Waals surface area contributed by atoms with Crippen molar-refractivity contribution in [1.82, 2.24) is 10.2 Å². The zero-order chi connectivity index (χ0) is 14.4. The van der Waals surface area contributed by atoms with Gasteiger partial charge in [0, 0.05) is 13.1 Å². The summed E-state index contributed by atoms with van der Waals surface area (Å²) in [4.78, 5) is 2.54. The normalized spacial score (nSPS) is 20.1. The molecule has 2 rings (SSSR count). The molecule has 3 heteroatoms. The summed E-state index contributed by atoms with van der Waals surface area (Å²) in [5.41, 5.74) is 2.49. The van der Waals surface area contributed by atoms with Crippen LogP contribution in [0.3, 0.4) is 0 Å². The first-order valence-electron chi connectivity index (χ1n) is 7.76. The van der Waals surface area contributed by atoms with Crippen LogP contribution in [0.25, 0.3) is 0 Å². The SMILES string of the molecule is CNCC1CCCN(CCOc2cc(C)ccc2C)C1. The van der Waals surface area contributed by atoms with Crippen LogP contribution >= 0.6 is 0 Å². The molecule has 1 N–H and O–H groups in total. The van der Waals surface area contributed by atoms with Crippen molar-refractivity contribution in [2.75, 3.05) is 39.8 Å². The summed E-state index contributed by atoms with van der Waals surface area (Å²) in [6.07, 6.45) is 2.67. The van der Waals surface area contributed by atoms with Crippen molar-refractivity contribution >= 4 is 0 Å². The Kier molecular flexibility index (Phi) is 5.86. The summed E-state index contributed by atoms with van der Waals surface area (Å²) in [6, 6.07) is 6.40. The molecule has 1 aromatic carbocycles. The van der Waals surface area contributed by atoms with Gasteiger partial charge >= 0.3 is 0 Å². The molecule has 1 saturated heterocycles. The molecular weight excluding hydrogens is 248 g/mol. The second-order valence-electron chi connectivity index (χ2n) is 5.98. The number of piperidine rings is 1. The van der Waals surface area contributed by atoms with Gasteiger partial charge < -0.3 is 10.1 Å². The summed E-state index contributed by atoms with van der Waals surface area (Å²) < 4.78 is 5.96. The van der Waals surface area contributed by atoms with Crippen molar-refractivity contribution < 1.29 is 4.74 Å². The molecule has 20 heavy (non-hydrogen) atoms. The van der Waals surface area contributed by atoms with E-state index in [9.17, 15) is 0 Å². The van der Waals surface area contributed by atoms with E-state index in [0.29, 0.717) is 0 Å². The highest BCUT2D eigenvalue weighted by molar-refractivity contribution is 5.35. The topological polar surface area (TPSA) is 24.5 Å². The van der Waals surface area contributed by atoms with Gasteiger partial charge in [0.1, 0.15) is 12.4 Å². The largest absolute Gasteiger partial charge is 0.492 e. The highest BCUT2D eigenvalue weighted by Gasteiger charge is 2.18. The van der Waals surface area contributed by atoms with Gasteiger partial charge in [0.2, 0.25) is 0 Å². The van der Waals surface area contributed by atoms with Crippen molar-refractivity contribution in [2.24, 2.45) is 5.92 Å². The Labute approximate surface area is 123 Å². The van der Waals surface area contributed by atoms with E-state index in [1.807, 2.05) is 7.05 Å². The van der Waals surface area contributed by atoms with Crippen LogP contribution in [0.2, 0.25) is 0 Å². The molecule has 1 heterocycles. The molecule has 1 fully saturated rings. The Hall–Kier alpha value is -1.06. The molecule has 112 valence electrons. The molecule has 1 aliphatic heterocycles. The first-order valence-corrected chi connectivity index (χ1v) is 7.76. The Bertz CT molecular complexity index is 417. The molecule has 1 atom stereocenters. The van der Waals surface area contributed by atoms with Crippen LogP contribution in [0.1, 0.15) is 24.0 Å². The molecule has 0 bridgehead atoms. The lowest BCUT2D eigenvalue weighted by molar-refractivity contribution is 0.146. The number of rotatable bonds is 6. The smallest absolute Gasteiger partial charge is 0.122 e. The van der Waals surface area contributed by atoms with Crippen LogP contribution in [0, 0.1) is 19.8 Å². The number of nitrogens with one attached hydrogen (secondary N) is 1. The van der Waals surface area contributed by atoms with E-state index in [4.69, 9.17) is 4.74 Å². The molecule has 1 aromatic rings. The maximum atomic E-state index is 5.96. The average molecular weight is 276 g/mol. The van der Waals surface area contributed by atoms with Crippen LogP contribution in [0.15, 0.2) is 18.2 Å². The predicted molar refractivity (Wildman–Crippen MR) is 84.5 cm³/mol. The molecule has 0 aromatic heterocycles. The summed E-state index contributed by atoms with van der Waals surface area (Å²) >= 11 is 0. The summed E-state index contributed by atoms with van der Waals surface area (Å²) in [7, 11) is 2.04. The lowest BCUT2D eigenvalue weighted by Crippen LogP contribution is -2.40. The zero-order valence-corrected chi connectivity index (χ0v) is 13.1. The van der Waals surface area contributed by atoms with Gasteiger partial charge in [0.05, 0.1) is 0 Å². The van der Waals surface area contributed by atoms with Crippen LogP contribution in [-0.4, -0.2) is 44.7 Å². The molecule has 0 aliphatic carbocycles. The minimum atomic E-state index is 0.788. The molecule has 0 radical (unpaired) electrons. The van der Waals surface area contributed by atoms with Crippen LogP contribution in [0.4, 0.5) is 0 Å². The average Bonchev–Trinajstić information content (AvgIpc) is 2.43. The van der Waals surface area contributed by atoms with Gasteiger partial charge in [-0.2, -0.15) is 0 Å². The van der Waals surface area contributed by atoms with E-state index in [1.54, 1.807) is 0 Å². The quantitative estimate of drug-likeness (QED) is 0.864. The first-order chi connectivity index (χ1) is 9.69. The van der Waals surface area contributed by atoms with Gasteiger partial charge in [-0.05, 0) is 69.9 Å². The number of nitrogens with zero attached hydrogens (tertiary/aromatic N) is 1. The third kappa shape index (κ3) is 4.50. The van der Waals surface area contributed by atoms with Crippen LogP contribution in [-0.2, 0) is 0 Å². The third-order valence-electron chi connectivity index (χ3n) is 4.10. The fourth-order valence-corrected chi connectivity index (χ4v) is 2.96. The highest BCUT2D eigenvalue weighted by atomic mass is 16.5. The summed E-state index contributed by atoms with van der Waals surface area (Å²) in [6.45, 7) is 9.60. The number of hydrogen-bond acceptors (Lipinski definition) is 3. The van der Waals surface area contributed by atoms with E-state index in [-0.39, 0.29) is 0 Å². The highest BCUT2D eigenvalue weighted by Crippen LogP contribution is 2.19. The van der Waals surface area contributed by atoms with Gasteiger partial charge in [-0.3, -0.25) is 4.90 Å². The second-order valence-corrected chi connectivity index (χ2v) is 5.98. The van der Waals surface area contributed by atoms with E-state index in [1.165, 1.54) is 37.1 Å². The van der Waals surface area contributed by atoms with E-state index in [2.05, 4.69) is 42.3 Å². The minimum Gasteiger partial charge on any atom is -0.492 e. The van der Waals surface area contributed by atoms with Crippen molar-refractivity contribution in [3.8, 4) is 5.75 Å². The van der Waals surface area contributed by atoms with Gasteiger partial charge in [-0.1, -0.05) is 12.1 Å². The van der Waals surface area contributed by atoms with Crippen molar-refractivity contribution in [1.29, 1.82) is 0 Å². The minimum absolute atomic E-state index is 0.788. The van der Waals surface area contributed by atoms with Gasteiger partial charge in [0.25, 0.3) is 0 Å². The van der Waals surface area contributed by atoms with Crippen LogP contribution < -0.4 is 10.1 Å². The van der Waals surface area contributed by atoms with Crippen LogP contribution in [0.5, 0.6) is 5.75 Å². The van der Waals surface area contributed by atoms with Gasteiger partial charge in [-0.15, -0.1) is 0 Å². The van der Waals surface area contributed by atoms with E-state index in [0.717, 1.165) is 31.4 Å². The maximum Gasteiger partial charge on any atom is 0.122 e. The molecule has 0 spiro atoms. The van der Waals surface area contributed by atoms with Crippen molar-refractivity contribution in [2.45, 2.75) is 26.7 Å². The lowest BCUT2D eigenvalue weighted by Gasteiger charge is -2.32. The molecular formula is C17H28N2O. The molecule has 0 amide bonds. The van der Waals surface area contributed by atoms with E-state index < -0.39 is 0 Å². The number of aryl methyl sites for hydroxylation is 2. The summed E-state index contributed by atoms with van der Waals surface area (Å²) in [5.74, 6) is 1.84. The molecule has 0 saturated carbocycles. The first kappa shape index (κ1) is 15.3. The standard InChI is InChI=1S/C17H28N2O/c1-14-6-7-15(2)17(11-14)20-10-9-19-8-4-5-16(13-19)12-18-3/h6-7,11,16,18H,4-5,8-10,12-13H2,1-3H3. The monoisotopic (exact) mass is 276 g/mol. The number of ether oxygens (including phenoxy) is 1. The molecule has 3 nitrogen and oxygen atoms in total. The summed E-state index contributed by atoms with van der Waals surface area (Å²) in [5, 5.41) is 3.30. The third-order valence-corrected chi connectivity index (χ3v) is 4.10. The predicted octanol–water partition coefficient (Wildman–Crippen LogP) is 2.61. The number of likely N-dealkylation sites (tertiary alicyclic amines) is 1. The fourth-order valence-electron chi connectivity index (χ4n) is 2.96. The van der Waals surface area contributed by atoms with Crippen molar-refractivity contribution in [3.05, 3.63) is 29.3 Å². The number of benzene rings is 1. The Morgan fingerprint density at radius 1 is 1.35 bits per heavy atom. The fraction of sp³-hybridized carbons (Fsp3) is 0.647. The van der Waals surface area contributed by atoms with Gasteiger partial charge in [0.15, 0.2) is 0 Å². The van der Waals surface area contributed by atoms with Crippen molar-refractivity contribution in [3.63, 3.8) is 0 Å². The molecule has 1 aliphatic rings.